The van der Waals surface area contributed by atoms with Crippen molar-refractivity contribution in [2.45, 2.75) is 74.8 Å². The Morgan fingerprint density at radius 2 is 0.773 bits per heavy atom. The minimum Gasteiger partial charge on any atom is -0.497 e. The molecule has 0 aromatic heterocycles. The molecule has 592 valence electrons. The van der Waals surface area contributed by atoms with E-state index < -0.39 is 19.1 Å². The molecule has 0 bridgehead atoms. The molecule has 0 saturated carbocycles. The van der Waals surface area contributed by atoms with Crippen LogP contribution in [-0.2, 0) is 57.4 Å². The molecule has 18 nitrogen and oxygen atoms in total. The largest absolute Gasteiger partial charge is 0.497 e. The van der Waals surface area contributed by atoms with Crippen molar-refractivity contribution in [2.24, 2.45) is 0 Å². The van der Waals surface area contributed by atoms with Gasteiger partial charge in [0.05, 0.1) is 49.2 Å². The monoisotopic (exact) mass is 1660 g/mol. The molecule has 6 aliphatic heterocycles. The maximum absolute atomic E-state index is 13.2. The number of nitrogens with zero attached hydrogens (tertiary/aromatic N) is 3. The normalized spacial score (nSPS) is 15.0. The number of carbonyl (C=O) groups excluding carboxylic acids is 8. The fourth-order valence-electron chi connectivity index (χ4n) is 15.9. The minimum atomic E-state index is -1.34. The first-order chi connectivity index (χ1) is 57.9. The Hall–Kier alpha value is -13.4. The van der Waals surface area contributed by atoms with Gasteiger partial charge in [-0.1, -0.05) is 234 Å². The molecule has 2 saturated heterocycles. The molecule has 2 fully saturated rings. The van der Waals surface area contributed by atoms with Crippen LogP contribution in [-0.4, -0.2) is 89.5 Å². The first-order valence-corrected chi connectivity index (χ1v) is 40.5. The van der Waals surface area contributed by atoms with E-state index in [1.807, 2.05) is 186 Å². The number of piperidine rings is 2. The predicted molar refractivity (Wildman–Crippen MR) is 472 cm³/mol. The number of halogens is 2. The molecule has 14 aromatic carbocycles. The fraction of sp³-hybridized carbons (Fsp3) is 0.143. The summed E-state index contributed by atoms with van der Waals surface area (Å²) < 4.78 is 10.4. The van der Waals surface area contributed by atoms with Crippen LogP contribution in [0.15, 0.2) is 291 Å². The molecule has 21 heteroatoms. The van der Waals surface area contributed by atoms with E-state index in [9.17, 15) is 38.4 Å². The van der Waals surface area contributed by atoms with Gasteiger partial charge in [0.25, 0.3) is 23.6 Å². The number of rotatable bonds is 15. The molecule has 8 amide bonds. The highest BCUT2D eigenvalue weighted by atomic mass is 79.9. The van der Waals surface area contributed by atoms with Gasteiger partial charge in [0.2, 0.25) is 23.6 Å². The Kier molecular flexibility index (Phi) is 24.7. The standard InChI is InChI=1S/C26H21NO2.C23H18N2O3.C20H16ClNO2.C18H13NO.C6H7BO2.C5H6BrNO2/c1-29-21-13-10-19(11-14-21)17-27-24-15-12-20(16-18-6-3-2-4-7-18)22-8-5-9-23(25(22)24)26(27)28;26-20-12-11-19(22(27)24-20)25-18-10-9-15(13-14-5-2-1-3-6-14)16-7-4-8-17(21(16)18)23(25)28;1-24-15-8-5-13(6-9-15)12-22-18-10-7-14(11-21)16-3-2-4-17(19(16)18)20(22)23;20-18-15-8-4-7-14-13(9-10-16(19-18)17(14)15)11-12-5-2-1-3-6-12;8-7(9)6-4-2-1-3-5-6;6-3-1-2-4(8)7-5(3)9/h2-15H,16-17H2,1H3;1-10,19H,11-13H2,(H,24,26,27);2-10H,11-12H2,1H3;1-10H,11H2,(H,19,20);1-5,8-9H;3H,1-2H2,(H,7,8,9). The van der Waals surface area contributed by atoms with Crippen molar-refractivity contribution in [3.8, 4) is 11.5 Å². The number of hydrogen-bond acceptors (Lipinski definition) is 12. The van der Waals surface area contributed by atoms with Gasteiger partial charge in [-0.15, -0.1) is 11.6 Å². The van der Waals surface area contributed by atoms with Crippen LogP contribution in [0.4, 0.5) is 22.7 Å². The molecule has 2 unspecified atom stereocenters. The molecular formula is C98H81BBrClN6O12. The van der Waals surface area contributed by atoms with Gasteiger partial charge < -0.3 is 34.6 Å². The summed E-state index contributed by atoms with van der Waals surface area (Å²) in [6.45, 7) is 1.08. The highest BCUT2D eigenvalue weighted by molar-refractivity contribution is 9.10. The molecule has 14 aromatic rings. The molecule has 0 radical (unpaired) electrons. The van der Waals surface area contributed by atoms with E-state index in [0.29, 0.717) is 49.3 Å². The summed E-state index contributed by atoms with van der Waals surface area (Å²) >= 11 is 9.17. The summed E-state index contributed by atoms with van der Waals surface area (Å²) in [6, 6.07) is 94.7. The molecule has 119 heavy (non-hydrogen) atoms. The number of nitrogens with one attached hydrogen (secondary N) is 3. The second-order valence-electron chi connectivity index (χ2n) is 29.3. The van der Waals surface area contributed by atoms with Crippen molar-refractivity contribution >= 4 is 153 Å². The highest BCUT2D eigenvalue weighted by Crippen LogP contribution is 2.45. The molecule has 5 N–H and O–H groups in total. The Morgan fingerprint density at radius 3 is 1.19 bits per heavy atom. The van der Waals surface area contributed by atoms with Crippen LogP contribution in [0.5, 0.6) is 11.5 Å². The van der Waals surface area contributed by atoms with Crippen LogP contribution in [0.2, 0.25) is 0 Å². The van der Waals surface area contributed by atoms with E-state index in [1.165, 1.54) is 33.2 Å². The van der Waals surface area contributed by atoms with Crippen molar-refractivity contribution in [2.75, 3.05) is 34.2 Å². The average molecular weight is 1660 g/mol. The van der Waals surface area contributed by atoms with Crippen molar-refractivity contribution < 1.29 is 57.9 Å². The minimum absolute atomic E-state index is 0.00228. The number of amides is 8. The third kappa shape index (κ3) is 17.5. The van der Waals surface area contributed by atoms with Crippen LogP contribution in [0, 0.1) is 0 Å². The number of benzene rings is 14. The predicted octanol–water partition coefficient (Wildman–Crippen LogP) is 17.1. The van der Waals surface area contributed by atoms with Gasteiger partial charge >= 0.3 is 7.12 Å². The molecule has 2 atom stereocenters. The Labute approximate surface area is 701 Å². The lowest BCUT2D eigenvalue weighted by atomic mass is 9.81. The number of alkyl halides is 2. The van der Waals surface area contributed by atoms with Gasteiger partial charge in [-0.2, -0.15) is 0 Å². The van der Waals surface area contributed by atoms with Gasteiger partial charge in [-0.3, -0.25) is 53.9 Å². The van der Waals surface area contributed by atoms with Crippen molar-refractivity contribution in [1.29, 1.82) is 0 Å². The second kappa shape index (κ2) is 36.4. The van der Waals surface area contributed by atoms with Crippen LogP contribution < -0.4 is 45.6 Å². The maximum atomic E-state index is 13.2. The van der Waals surface area contributed by atoms with Crippen LogP contribution in [0.3, 0.4) is 0 Å². The molecular weight excluding hydrogens is 1580 g/mol. The number of hydrogen-bond donors (Lipinski definition) is 5. The summed E-state index contributed by atoms with van der Waals surface area (Å²) in [4.78, 5) is 101. The molecule has 0 spiro atoms. The zero-order chi connectivity index (χ0) is 82.8. The Morgan fingerprint density at radius 1 is 0.387 bits per heavy atom. The van der Waals surface area contributed by atoms with Gasteiger partial charge in [0.15, 0.2) is 0 Å². The van der Waals surface area contributed by atoms with E-state index >= 15 is 0 Å². The highest BCUT2D eigenvalue weighted by Gasteiger charge is 2.41. The van der Waals surface area contributed by atoms with E-state index in [1.54, 1.807) is 43.4 Å². The summed E-state index contributed by atoms with van der Waals surface area (Å²) in [5, 5.41) is 33.1. The third-order valence-electron chi connectivity index (χ3n) is 21.8. The lowest BCUT2D eigenvalue weighted by molar-refractivity contribution is -0.135. The van der Waals surface area contributed by atoms with E-state index in [4.69, 9.17) is 31.1 Å². The summed E-state index contributed by atoms with van der Waals surface area (Å²) in [5.74, 6) is 0.925. The lowest BCUT2D eigenvalue weighted by Crippen LogP contribution is -2.53. The third-order valence-corrected chi connectivity index (χ3v) is 23.0. The molecule has 6 heterocycles. The van der Waals surface area contributed by atoms with Crippen molar-refractivity contribution in [3.05, 3.63) is 364 Å². The molecule has 6 aliphatic rings. The molecule has 0 aliphatic carbocycles. The number of methoxy groups -OCH3 is 2. The quantitative estimate of drug-likeness (QED) is 0.0366. The zero-order valence-corrected chi connectivity index (χ0v) is 67.4. The van der Waals surface area contributed by atoms with Gasteiger partial charge in [-0.05, 0) is 182 Å². The SMILES string of the molecule is COc1ccc(CN2C(=O)c3cccc4c(CCl)ccc2c34)cc1.COc1ccc(CN2C(=O)c3cccc4c(Cc5ccccc5)ccc2c34)cc1.O=C1CCC(Br)C(=O)N1.O=C1CCC(N2C(=O)c3cccc4c(Cc5ccccc5)ccc2c34)C(=O)N1.O=C1Nc2ccc(Cc3ccccc3)c3cccc1c23.OB(O)c1ccccc1. The Balaban J connectivity index is 0.000000116. The zero-order valence-electron chi connectivity index (χ0n) is 65.1. The van der Waals surface area contributed by atoms with Crippen LogP contribution >= 0.6 is 27.5 Å². The summed E-state index contributed by atoms with van der Waals surface area (Å²) in [5.41, 5.74) is 17.7. The number of anilines is 4. The first kappa shape index (κ1) is 80.8. The summed E-state index contributed by atoms with van der Waals surface area (Å²) in [7, 11) is 1.96. The van der Waals surface area contributed by atoms with Crippen LogP contribution in [0.1, 0.15) is 117 Å². The first-order valence-electron chi connectivity index (χ1n) is 39.1. The Bertz CT molecular complexity index is 6230. The van der Waals surface area contributed by atoms with E-state index in [2.05, 4.69) is 123 Å². The van der Waals surface area contributed by atoms with Crippen molar-refractivity contribution in [3.63, 3.8) is 0 Å². The summed E-state index contributed by atoms with van der Waals surface area (Å²) in [6.07, 6.45) is 4.16. The van der Waals surface area contributed by atoms with Gasteiger partial charge in [-0.25, -0.2) is 0 Å². The number of imide groups is 2. The van der Waals surface area contributed by atoms with Gasteiger partial charge in [0, 0.05) is 68.2 Å². The van der Waals surface area contributed by atoms with E-state index in [-0.39, 0.29) is 52.6 Å². The number of carbonyl (C=O) groups is 8. The number of ether oxygens (including phenoxy) is 2. The maximum Gasteiger partial charge on any atom is 0.488 e. The average Bonchev–Trinajstić information content (AvgIpc) is 1.59. The topological polar surface area (TPSA) is 241 Å². The van der Waals surface area contributed by atoms with E-state index in [0.717, 1.165) is 130 Å². The smallest absolute Gasteiger partial charge is 0.488 e. The lowest BCUT2D eigenvalue weighted by Gasteiger charge is -2.30. The van der Waals surface area contributed by atoms with Gasteiger partial charge in [0.1, 0.15) is 17.5 Å². The second-order valence-corrected chi connectivity index (χ2v) is 30.7. The van der Waals surface area contributed by atoms with Crippen LogP contribution in [0.25, 0.3) is 43.1 Å². The fourth-order valence-corrected chi connectivity index (χ4v) is 16.5. The molecule has 20 rings (SSSR count). The van der Waals surface area contributed by atoms with Crippen molar-refractivity contribution in [1.82, 2.24) is 10.6 Å².